The highest BCUT2D eigenvalue weighted by Gasteiger charge is 2.16. The Hall–Kier alpha value is -2.95. The third-order valence-corrected chi connectivity index (χ3v) is 4.21. The first kappa shape index (κ1) is 18.8. The molecular formula is C22H25N3O2. The Labute approximate surface area is 159 Å². The van der Waals surface area contributed by atoms with Gasteiger partial charge in [0.1, 0.15) is 5.69 Å². The molecule has 0 saturated heterocycles. The van der Waals surface area contributed by atoms with Crippen LogP contribution in [0, 0.1) is 0 Å². The van der Waals surface area contributed by atoms with E-state index in [-0.39, 0.29) is 17.0 Å². The number of carbonyl (C=O) groups excluding carboxylic acids is 1. The van der Waals surface area contributed by atoms with Gasteiger partial charge in [-0.3, -0.25) is 9.59 Å². The number of hydrogen-bond donors (Lipinski definition) is 1. The number of nitrogens with zero attached hydrogens (tertiary/aromatic N) is 2. The lowest BCUT2D eigenvalue weighted by molar-refractivity contribution is 0.0919. The zero-order chi connectivity index (χ0) is 19.6. The van der Waals surface area contributed by atoms with E-state index in [0.717, 1.165) is 17.5 Å². The van der Waals surface area contributed by atoms with Crippen molar-refractivity contribution in [2.45, 2.75) is 46.2 Å². The predicted octanol–water partition coefficient (Wildman–Crippen LogP) is 4.00. The molecule has 0 aliphatic rings. The van der Waals surface area contributed by atoms with Gasteiger partial charge in [0.25, 0.3) is 11.5 Å². The van der Waals surface area contributed by atoms with E-state index >= 15 is 0 Å². The van der Waals surface area contributed by atoms with Crippen LogP contribution in [-0.2, 0) is 6.54 Å². The van der Waals surface area contributed by atoms with Gasteiger partial charge in [0, 0.05) is 23.2 Å². The molecule has 3 aromatic rings. The highest BCUT2D eigenvalue weighted by Crippen LogP contribution is 2.19. The topological polar surface area (TPSA) is 64.0 Å². The number of aryl methyl sites for hydroxylation is 1. The molecule has 5 heteroatoms. The maximum Gasteiger partial charge on any atom is 0.277 e. The third-order valence-electron chi connectivity index (χ3n) is 4.21. The minimum absolute atomic E-state index is 0.109. The molecule has 0 aliphatic carbocycles. The molecule has 5 nitrogen and oxygen atoms in total. The molecule has 2 aromatic carbocycles. The van der Waals surface area contributed by atoms with Crippen LogP contribution in [0.5, 0.6) is 0 Å². The summed E-state index contributed by atoms with van der Waals surface area (Å²) in [5, 5.41) is 2.94. The largest absolute Gasteiger partial charge is 0.347 e. The maximum atomic E-state index is 13.0. The van der Waals surface area contributed by atoms with Gasteiger partial charge in [-0.1, -0.05) is 31.2 Å². The van der Waals surface area contributed by atoms with Crippen LogP contribution in [0.1, 0.15) is 44.5 Å². The fourth-order valence-electron chi connectivity index (χ4n) is 3.02. The summed E-state index contributed by atoms with van der Waals surface area (Å²) in [6.07, 6.45) is 0.860. The van der Waals surface area contributed by atoms with Gasteiger partial charge in [0.15, 0.2) is 0 Å². The van der Waals surface area contributed by atoms with Gasteiger partial charge in [-0.25, -0.2) is 4.98 Å². The van der Waals surface area contributed by atoms with Crippen molar-refractivity contribution in [3.63, 3.8) is 0 Å². The van der Waals surface area contributed by atoms with E-state index in [1.807, 2.05) is 52.0 Å². The lowest BCUT2D eigenvalue weighted by atomic mass is 10.1. The van der Waals surface area contributed by atoms with Crippen molar-refractivity contribution in [3.05, 3.63) is 64.4 Å². The lowest BCUT2D eigenvalue weighted by Gasteiger charge is -2.20. The van der Waals surface area contributed by atoms with Gasteiger partial charge in [0.05, 0.1) is 11.0 Å². The van der Waals surface area contributed by atoms with Gasteiger partial charge in [-0.15, -0.1) is 0 Å². The van der Waals surface area contributed by atoms with E-state index in [1.165, 1.54) is 0 Å². The molecule has 140 valence electrons. The summed E-state index contributed by atoms with van der Waals surface area (Å²) in [6.45, 7) is 8.50. The van der Waals surface area contributed by atoms with Crippen LogP contribution >= 0.6 is 0 Å². The molecule has 3 rings (SSSR count). The molecule has 27 heavy (non-hydrogen) atoms. The summed E-state index contributed by atoms with van der Waals surface area (Å²) >= 11 is 0. The molecule has 1 amide bonds. The Morgan fingerprint density at radius 1 is 1.07 bits per heavy atom. The number of benzene rings is 2. The van der Waals surface area contributed by atoms with Gasteiger partial charge in [0.2, 0.25) is 0 Å². The second-order valence-corrected chi connectivity index (χ2v) is 7.69. The van der Waals surface area contributed by atoms with Crippen LogP contribution in [-0.4, -0.2) is 21.0 Å². The number of rotatable bonds is 4. The number of para-hydroxylation sites is 2. The van der Waals surface area contributed by atoms with Crippen molar-refractivity contribution < 1.29 is 4.79 Å². The first-order valence-electron chi connectivity index (χ1n) is 9.22. The van der Waals surface area contributed by atoms with E-state index < -0.39 is 0 Å². The quantitative estimate of drug-likeness (QED) is 0.762. The van der Waals surface area contributed by atoms with Crippen molar-refractivity contribution in [3.8, 4) is 11.3 Å². The summed E-state index contributed by atoms with van der Waals surface area (Å²) in [5.74, 6) is -0.135. The number of carbonyl (C=O) groups is 1. The number of nitrogens with one attached hydrogen (secondary N) is 1. The SMILES string of the molecule is CCCn1c(=O)c(-c2ccc(C(=O)NC(C)(C)C)cc2)nc2ccccc21. The molecule has 1 heterocycles. The molecule has 0 spiro atoms. The molecule has 0 aliphatic heterocycles. The van der Waals surface area contributed by atoms with Crippen LogP contribution in [0.2, 0.25) is 0 Å². The van der Waals surface area contributed by atoms with Crippen LogP contribution in [0.15, 0.2) is 53.3 Å². The summed E-state index contributed by atoms with van der Waals surface area (Å²) in [5.41, 5.74) is 2.90. The number of aromatic nitrogens is 2. The number of fused-ring (bicyclic) bond motifs is 1. The third kappa shape index (κ3) is 4.08. The number of hydrogen-bond acceptors (Lipinski definition) is 3. The Morgan fingerprint density at radius 2 is 1.74 bits per heavy atom. The first-order valence-corrected chi connectivity index (χ1v) is 9.22. The number of amides is 1. The predicted molar refractivity (Wildman–Crippen MR) is 109 cm³/mol. The maximum absolute atomic E-state index is 13.0. The molecule has 1 aromatic heterocycles. The smallest absolute Gasteiger partial charge is 0.277 e. The Balaban J connectivity index is 2.04. The zero-order valence-electron chi connectivity index (χ0n) is 16.2. The highest BCUT2D eigenvalue weighted by atomic mass is 16.2. The normalized spacial score (nSPS) is 11.6. The van der Waals surface area contributed by atoms with Gasteiger partial charge < -0.3 is 9.88 Å². The van der Waals surface area contributed by atoms with Crippen LogP contribution in [0.25, 0.3) is 22.3 Å². The molecule has 0 atom stereocenters. The average Bonchev–Trinajstić information content (AvgIpc) is 2.62. The lowest BCUT2D eigenvalue weighted by Crippen LogP contribution is -2.40. The second kappa shape index (κ2) is 7.35. The van der Waals surface area contributed by atoms with E-state index in [9.17, 15) is 9.59 Å². The van der Waals surface area contributed by atoms with Crippen LogP contribution < -0.4 is 10.9 Å². The Bertz CT molecular complexity index is 1030. The molecule has 0 bridgehead atoms. The van der Waals surface area contributed by atoms with Crippen molar-refractivity contribution in [1.82, 2.24) is 14.9 Å². The van der Waals surface area contributed by atoms with Crippen molar-refractivity contribution in [2.75, 3.05) is 0 Å². The fraction of sp³-hybridized carbons (Fsp3) is 0.318. The van der Waals surface area contributed by atoms with E-state index in [2.05, 4.69) is 10.3 Å². The molecular weight excluding hydrogens is 338 g/mol. The van der Waals surface area contributed by atoms with Gasteiger partial charge in [-0.05, 0) is 51.5 Å². The van der Waals surface area contributed by atoms with Crippen molar-refractivity contribution in [2.24, 2.45) is 0 Å². The summed E-state index contributed by atoms with van der Waals surface area (Å²) in [4.78, 5) is 29.9. The Morgan fingerprint density at radius 3 is 2.37 bits per heavy atom. The van der Waals surface area contributed by atoms with Crippen molar-refractivity contribution >= 4 is 16.9 Å². The van der Waals surface area contributed by atoms with Gasteiger partial charge >= 0.3 is 0 Å². The Kier molecular flexibility index (Phi) is 5.13. The summed E-state index contributed by atoms with van der Waals surface area (Å²) in [6, 6.07) is 14.7. The highest BCUT2D eigenvalue weighted by molar-refractivity contribution is 5.95. The van der Waals surface area contributed by atoms with Crippen LogP contribution in [0.4, 0.5) is 0 Å². The first-order chi connectivity index (χ1) is 12.8. The van der Waals surface area contributed by atoms with Gasteiger partial charge in [-0.2, -0.15) is 0 Å². The molecule has 0 radical (unpaired) electrons. The summed E-state index contributed by atoms with van der Waals surface area (Å²) < 4.78 is 1.78. The molecule has 0 unspecified atom stereocenters. The average molecular weight is 363 g/mol. The van der Waals surface area contributed by atoms with E-state index in [4.69, 9.17) is 0 Å². The minimum atomic E-state index is -0.302. The minimum Gasteiger partial charge on any atom is -0.347 e. The standard InChI is InChI=1S/C22H25N3O2/c1-5-14-25-18-9-7-6-8-17(18)23-19(21(25)27)15-10-12-16(13-11-15)20(26)24-22(2,3)4/h6-13H,5,14H2,1-4H3,(H,24,26). The fourth-order valence-corrected chi connectivity index (χ4v) is 3.02. The molecule has 1 N–H and O–H groups in total. The van der Waals surface area contributed by atoms with E-state index in [0.29, 0.717) is 23.4 Å². The second-order valence-electron chi connectivity index (χ2n) is 7.69. The van der Waals surface area contributed by atoms with E-state index in [1.54, 1.807) is 28.8 Å². The summed E-state index contributed by atoms with van der Waals surface area (Å²) in [7, 11) is 0. The van der Waals surface area contributed by atoms with Crippen LogP contribution in [0.3, 0.4) is 0 Å². The molecule has 0 fully saturated rings. The monoisotopic (exact) mass is 363 g/mol. The van der Waals surface area contributed by atoms with Crippen molar-refractivity contribution in [1.29, 1.82) is 0 Å². The zero-order valence-corrected chi connectivity index (χ0v) is 16.2. The molecule has 0 saturated carbocycles.